The van der Waals surface area contributed by atoms with Crippen LogP contribution in [0.2, 0.25) is 0 Å². The van der Waals surface area contributed by atoms with E-state index in [1.54, 1.807) is 0 Å². The van der Waals surface area contributed by atoms with Gasteiger partial charge in [0.1, 0.15) is 5.82 Å². The molecule has 322 valence electrons. The summed E-state index contributed by atoms with van der Waals surface area (Å²) in [5, 5.41) is 2.22. The van der Waals surface area contributed by atoms with Crippen LogP contribution in [0.25, 0.3) is 27.6 Å². The maximum atomic E-state index is 6.83. The number of benzene rings is 7. The average molecular weight is 1020 g/mol. The van der Waals surface area contributed by atoms with Gasteiger partial charge in [-0.3, -0.25) is 0 Å². The Balaban J connectivity index is 0.00000518. The van der Waals surface area contributed by atoms with Gasteiger partial charge in [-0.2, -0.15) is 6.07 Å². The minimum absolute atomic E-state index is 0. The van der Waals surface area contributed by atoms with Crippen LogP contribution in [0, 0.1) is 18.8 Å². The molecule has 0 saturated carbocycles. The minimum Gasteiger partial charge on any atom is -0.509 e. The van der Waals surface area contributed by atoms with Crippen LogP contribution in [0.15, 0.2) is 176 Å². The fourth-order valence-electron chi connectivity index (χ4n) is 8.96. The maximum Gasteiger partial charge on any atom is 0.135 e. The van der Waals surface area contributed by atoms with E-state index in [4.69, 9.17) is 9.72 Å². The average Bonchev–Trinajstić information content (AvgIpc) is 3.85. The van der Waals surface area contributed by atoms with E-state index in [2.05, 4.69) is 245 Å². The summed E-state index contributed by atoms with van der Waals surface area (Å²) in [7, 11) is 0. The Labute approximate surface area is 392 Å². The molecule has 3 heterocycles. The third-order valence-corrected chi connectivity index (χ3v) is 12.9. The summed E-state index contributed by atoms with van der Waals surface area (Å²) < 4.78 is 9.04. The zero-order valence-electron chi connectivity index (χ0n) is 37.3. The van der Waals surface area contributed by atoms with Gasteiger partial charge in [0.05, 0.1) is 0 Å². The summed E-state index contributed by atoms with van der Waals surface area (Å²) in [6, 6.07) is 67.5. The summed E-state index contributed by atoms with van der Waals surface area (Å²) in [6.45, 7) is 18.0. The second kappa shape index (κ2) is 16.6. The van der Waals surface area contributed by atoms with Crippen LogP contribution in [0.4, 0.5) is 22.7 Å². The van der Waals surface area contributed by atoms with Crippen LogP contribution >= 0.6 is 0 Å². The molecule has 1 aliphatic rings. The van der Waals surface area contributed by atoms with Crippen molar-refractivity contribution in [2.45, 2.75) is 64.7 Å². The van der Waals surface area contributed by atoms with E-state index < -0.39 is 0 Å². The third kappa shape index (κ3) is 7.71. The van der Waals surface area contributed by atoms with Crippen molar-refractivity contribution >= 4 is 44.6 Å². The Morgan fingerprint density at radius 2 is 1.09 bits per heavy atom. The Kier molecular flexibility index (Phi) is 11.1. The number of pyridine rings is 1. The van der Waals surface area contributed by atoms with Crippen molar-refractivity contribution in [3.8, 4) is 17.3 Å². The van der Waals surface area contributed by atoms with Gasteiger partial charge >= 0.3 is 0 Å². The van der Waals surface area contributed by atoms with Gasteiger partial charge in [0.2, 0.25) is 0 Å². The van der Waals surface area contributed by atoms with Gasteiger partial charge in [-0.1, -0.05) is 157 Å². The van der Waals surface area contributed by atoms with Crippen LogP contribution in [-0.4, -0.2) is 9.55 Å². The Bertz CT molecular complexity index is 3110. The number of anilines is 4. The van der Waals surface area contributed by atoms with E-state index in [9.17, 15) is 0 Å². The number of rotatable bonds is 9. The third-order valence-electron chi connectivity index (χ3n) is 12.9. The molecule has 0 aliphatic carbocycles. The molecule has 0 fully saturated rings. The predicted octanol–water partition coefficient (Wildman–Crippen LogP) is 14.9. The first-order valence-corrected chi connectivity index (χ1v) is 21.8. The molecule has 10 rings (SSSR count). The van der Waals surface area contributed by atoms with Crippen molar-refractivity contribution in [1.29, 1.82) is 0 Å². The van der Waals surface area contributed by atoms with Gasteiger partial charge in [-0.15, -0.1) is 53.6 Å². The van der Waals surface area contributed by atoms with E-state index in [0.29, 0.717) is 11.5 Å². The molecule has 0 saturated heterocycles. The molecule has 1 aliphatic heterocycles. The molecule has 0 N–H and O–H groups in total. The molecule has 0 atom stereocenters. The normalized spacial score (nSPS) is 13.0. The van der Waals surface area contributed by atoms with Crippen LogP contribution in [-0.2, 0) is 37.3 Å². The van der Waals surface area contributed by atoms with Crippen LogP contribution < -0.4 is 14.5 Å². The van der Waals surface area contributed by atoms with E-state index in [0.717, 1.165) is 55.9 Å². The summed E-state index contributed by atoms with van der Waals surface area (Å²) >= 11 is 0. The Morgan fingerprint density at radius 1 is 0.500 bits per heavy atom. The largest absolute Gasteiger partial charge is 0.509 e. The van der Waals surface area contributed by atoms with Gasteiger partial charge in [0.25, 0.3) is 0 Å². The number of hydrogen-bond donors (Lipinski definition) is 0. The van der Waals surface area contributed by atoms with Gasteiger partial charge in [0.15, 0.2) is 0 Å². The van der Waals surface area contributed by atoms with Crippen molar-refractivity contribution in [3.05, 3.63) is 223 Å². The Morgan fingerprint density at radius 3 is 1.77 bits per heavy atom. The smallest absolute Gasteiger partial charge is 0.135 e. The second-order valence-corrected chi connectivity index (χ2v) is 18.7. The topological polar surface area (TPSA) is 33.5 Å². The molecule has 2 aromatic heterocycles. The number of hydrogen-bond acceptors (Lipinski definition) is 4. The zero-order chi connectivity index (χ0) is 43.5. The van der Waals surface area contributed by atoms with Crippen molar-refractivity contribution in [1.82, 2.24) is 9.55 Å². The second-order valence-electron chi connectivity index (χ2n) is 18.7. The molecule has 0 bridgehead atoms. The number of aromatic nitrogens is 2. The number of para-hydroxylation sites is 3. The molecule has 9 aromatic rings. The fourth-order valence-corrected chi connectivity index (χ4v) is 8.96. The molecule has 0 amide bonds. The number of nitrogens with zero attached hydrogens (tertiary/aromatic N) is 4. The van der Waals surface area contributed by atoms with Gasteiger partial charge in [-0.05, 0) is 75.5 Å². The van der Waals surface area contributed by atoms with Crippen LogP contribution in [0.5, 0.6) is 11.5 Å². The van der Waals surface area contributed by atoms with Crippen molar-refractivity contribution in [3.63, 3.8) is 0 Å². The molecule has 6 heteroatoms. The van der Waals surface area contributed by atoms with Gasteiger partial charge in [-0.25, -0.2) is 4.98 Å². The summed E-state index contributed by atoms with van der Waals surface area (Å²) in [4.78, 5) is 9.44. The quantitative estimate of drug-likeness (QED) is 0.135. The first-order chi connectivity index (χ1) is 30.4. The molecular weight excluding hydrogens is 964 g/mol. The predicted molar refractivity (Wildman–Crippen MR) is 260 cm³/mol. The summed E-state index contributed by atoms with van der Waals surface area (Å²) in [5.74, 6) is 2.06. The molecular formula is C58H51N4OPt-3. The van der Waals surface area contributed by atoms with E-state index >= 15 is 0 Å². The van der Waals surface area contributed by atoms with E-state index in [-0.39, 0.29) is 37.3 Å². The van der Waals surface area contributed by atoms with E-state index in [1.165, 1.54) is 22.3 Å². The standard InChI is InChI=1S/C58H51N4O.Pt/c1-56(2,3)44-34-46(61-39-60(52-24-16-17-25-53(52)61)45-28-26-42(27-29-45)57(4,5)40-18-10-8-11-19-40)37-48(35-44)63-47-30-31-50-49-22-14-15-23-51(49)62(54(50)38-47)55-36-43(32-33-59-55)58(6,7)41-20-12-9-13-21-41;/h8-36,39H,1-7H3;/q-3;. The minimum atomic E-state index is -0.226. The van der Waals surface area contributed by atoms with Crippen LogP contribution in [0.3, 0.4) is 0 Å². The molecule has 0 radical (unpaired) electrons. The maximum absolute atomic E-state index is 6.83. The molecule has 0 unspecified atom stereocenters. The monoisotopic (exact) mass is 1010 g/mol. The van der Waals surface area contributed by atoms with E-state index in [1.807, 2.05) is 12.3 Å². The first kappa shape index (κ1) is 42.9. The van der Waals surface area contributed by atoms with Crippen molar-refractivity contribution in [2.24, 2.45) is 0 Å². The summed E-state index contributed by atoms with van der Waals surface area (Å²) in [5.41, 5.74) is 11.7. The van der Waals surface area contributed by atoms with Gasteiger partial charge < -0.3 is 19.1 Å². The summed E-state index contributed by atoms with van der Waals surface area (Å²) in [6.07, 6.45) is 1.92. The van der Waals surface area contributed by atoms with Crippen molar-refractivity contribution < 1.29 is 25.8 Å². The molecule has 5 nitrogen and oxygen atoms in total. The van der Waals surface area contributed by atoms with Crippen LogP contribution in [0.1, 0.15) is 76.3 Å². The molecule has 7 aromatic carbocycles. The van der Waals surface area contributed by atoms with Crippen molar-refractivity contribution in [2.75, 3.05) is 9.80 Å². The Hall–Kier alpha value is -6.42. The SMILES string of the molecule is CC(C)(C)c1cc(Oc2[c-]c3c(cc2)c2ccccc2n3-c2cc(C(C)(C)c3ccccc3)ccn2)[c-]c(N2[CH-]N(c3ccc(C(C)(C)c4ccccc4)cc3)c3ccccc32)c1.[Pt]. The number of fused-ring (bicyclic) bond motifs is 4. The number of ether oxygens (including phenoxy) is 1. The van der Waals surface area contributed by atoms with Gasteiger partial charge in [0, 0.05) is 72.2 Å². The first-order valence-electron chi connectivity index (χ1n) is 21.8. The molecule has 0 spiro atoms. The zero-order valence-corrected chi connectivity index (χ0v) is 39.6. The molecule has 64 heavy (non-hydrogen) atoms. The fraction of sp³-hybridized carbons (Fsp3) is 0.172.